The van der Waals surface area contributed by atoms with Gasteiger partial charge in [0.2, 0.25) is 5.82 Å². The maximum Gasteiger partial charge on any atom is 0.257 e. The van der Waals surface area contributed by atoms with Gasteiger partial charge < -0.3 is 15.1 Å². The summed E-state index contributed by atoms with van der Waals surface area (Å²) in [5, 5.41) is 5.93. The maximum atomic E-state index is 14.2. The fraction of sp³-hybridized carbons (Fsp3) is 0.133. The van der Waals surface area contributed by atoms with E-state index in [1.54, 1.807) is 30.3 Å². The third-order valence-corrected chi connectivity index (χ3v) is 7.32. The minimum Gasteiger partial charge on any atom is -0.367 e. The molecule has 1 aliphatic rings. The van der Waals surface area contributed by atoms with Crippen LogP contribution in [0.25, 0.3) is 11.1 Å². The Balaban J connectivity index is 1.18. The predicted molar refractivity (Wildman–Crippen MR) is 158 cm³/mol. The Bertz CT molecular complexity index is 1620. The lowest BCUT2D eigenvalue weighted by atomic mass is 10.0. The van der Waals surface area contributed by atoms with Crippen molar-refractivity contribution < 1.29 is 26.7 Å². The lowest BCUT2D eigenvalue weighted by Crippen LogP contribution is -2.47. The fourth-order valence-corrected chi connectivity index (χ4v) is 5.18. The lowest BCUT2D eigenvalue weighted by Gasteiger charge is -2.38. The Morgan fingerprint density at radius 3 is 1.86 bits per heavy atom. The van der Waals surface area contributed by atoms with Crippen molar-refractivity contribution in [2.75, 3.05) is 41.3 Å². The van der Waals surface area contributed by atoms with E-state index in [9.17, 15) is 26.7 Å². The van der Waals surface area contributed by atoms with Gasteiger partial charge in [-0.2, -0.15) is 0 Å². The number of amides is 1. The Kier molecular flexibility index (Phi) is 8.60. The number of piperazine rings is 1. The van der Waals surface area contributed by atoms with Gasteiger partial charge in [0.1, 0.15) is 5.69 Å². The molecule has 0 unspecified atom stereocenters. The van der Waals surface area contributed by atoms with Crippen LogP contribution in [-0.2, 0) is 0 Å². The van der Waals surface area contributed by atoms with Crippen molar-refractivity contribution in [1.82, 2.24) is 5.32 Å². The third kappa shape index (κ3) is 6.02. The molecule has 4 aromatic rings. The van der Waals surface area contributed by atoms with Crippen LogP contribution in [0.1, 0.15) is 10.4 Å². The topological polar surface area (TPSA) is 47.6 Å². The molecule has 0 aliphatic carbocycles. The molecule has 1 aliphatic heterocycles. The molecule has 2 N–H and O–H groups in total. The Labute approximate surface area is 248 Å². The molecular weight excluding hydrogens is 595 g/mol. The zero-order valence-electron chi connectivity index (χ0n) is 21.7. The minimum absolute atomic E-state index is 0.00285. The number of nitrogens with zero attached hydrogens (tertiary/aromatic N) is 2. The highest BCUT2D eigenvalue weighted by Gasteiger charge is 2.31. The normalized spacial score (nSPS) is 13.2. The van der Waals surface area contributed by atoms with Gasteiger partial charge in [-0.05, 0) is 53.7 Å². The summed E-state index contributed by atoms with van der Waals surface area (Å²) in [5.41, 5.74) is 2.60. The SMILES string of the molecule is O=C(NC(=S)Nc1ccc(N2CCN(c3c(F)c(F)c(F)c(F)c3F)CC2)c(Cl)c1)c1ccc(-c2ccccc2)cc1. The van der Waals surface area contributed by atoms with Crippen molar-refractivity contribution in [3.05, 3.63) is 112 Å². The van der Waals surface area contributed by atoms with Crippen molar-refractivity contribution in [2.24, 2.45) is 0 Å². The number of anilines is 3. The van der Waals surface area contributed by atoms with Gasteiger partial charge in [0, 0.05) is 37.4 Å². The van der Waals surface area contributed by atoms with E-state index < -0.39 is 34.8 Å². The van der Waals surface area contributed by atoms with Gasteiger partial charge >= 0.3 is 0 Å². The summed E-state index contributed by atoms with van der Waals surface area (Å²) < 4.78 is 69.2. The summed E-state index contributed by atoms with van der Waals surface area (Å²) in [6, 6.07) is 21.9. The summed E-state index contributed by atoms with van der Waals surface area (Å²) in [6.45, 7) is 0.418. The van der Waals surface area contributed by atoms with Gasteiger partial charge in [0.05, 0.1) is 10.7 Å². The van der Waals surface area contributed by atoms with Crippen LogP contribution in [-0.4, -0.2) is 37.2 Å². The van der Waals surface area contributed by atoms with E-state index in [1.165, 1.54) is 0 Å². The summed E-state index contributed by atoms with van der Waals surface area (Å²) in [4.78, 5) is 15.6. The molecule has 0 atom stereocenters. The van der Waals surface area contributed by atoms with Crippen LogP contribution in [0.5, 0.6) is 0 Å². The number of carbonyl (C=O) groups is 1. The average Bonchev–Trinajstić information content (AvgIpc) is 3.00. The lowest BCUT2D eigenvalue weighted by molar-refractivity contribution is 0.0977. The predicted octanol–water partition coefficient (Wildman–Crippen LogP) is 7.16. The Morgan fingerprint density at radius 2 is 1.26 bits per heavy atom. The average molecular weight is 617 g/mol. The summed E-state index contributed by atoms with van der Waals surface area (Å²) in [6.07, 6.45) is 0. The highest BCUT2D eigenvalue weighted by Crippen LogP contribution is 2.33. The van der Waals surface area contributed by atoms with Gasteiger partial charge in [-0.25, -0.2) is 22.0 Å². The second-order valence-electron chi connectivity index (χ2n) is 9.41. The highest BCUT2D eigenvalue weighted by molar-refractivity contribution is 7.80. The van der Waals surface area contributed by atoms with Gasteiger partial charge in [-0.3, -0.25) is 10.1 Å². The van der Waals surface area contributed by atoms with Crippen LogP contribution in [0.4, 0.5) is 39.0 Å². The summed E-state index contributed by atoms with van der Waals surface area (Å²) in [5.74, 6) is -10.3. The van der Waals surface area contributed by atoms with Gasteiger partial charge in [-0.1, -0.05) is 54.1 Å². The highest BCUT2D eigenvalue weighted by atomic mass is 35.5. The van der Waals surface area contributed by atoms with Gasteiger partial charge in [0.25, 0.3) is 5.91 Å². The number of thiocarbonyl (C=S) groups is 1. The summed E-state index contributed by atoms with van der Waals surface area (Å²) >= 11 is 11.8. The van der Waals surface area contributed by atoms with Crippen LogP contribution in [0.3, 0.4) is 0 Å². The Morgan fingerprint density at radius 1 is 0.714 bits per heavy atom. The van der Waals surface area contributed by atoms with E-state index in [4.69, 9.17) is 23.8 Å². The first-order valence-electron chi connectivity index (χ1n) is 12.7. The molecule has 1 saturated heterocycles. The zero-order valence-corrected chi connectivity index (χ0v) is 23.3. The molecule has 1 amide bonds. The second kappa shape index (κ2) is 12.3. The third-order valence-electron chi connectivity index (χ3n) is 6.81. The molecule has 0 saturated carbocycles. The first kappa shape index (κ1) is 29.3. The molecule has 4 aromatic carbocycles. The van der Waals surface area contributed by atoms with Crippen molar-refractivity contribution in [3.63, 3.8) is 0 Å². The molecule has 1 heterocycles. The second-order valence-corrected chi connectivity index (χ2v) is 10.2. The molecule has 5 nitrogen and oxygen atoms in total. The van der Waals surface area contributed by atoms with Crippen molar-refractivity contribution in [3.8, 4) is 11.1 Å². The quantitative estimate of drug-likeness (QED) is 0.108. The monoisotopic (exact) mass is 616 g/mol. The van der Waals surface area contributed by atoms with Crippen LogP contribution >= 0.6 is 23.8 Å². The molecule has 5 rings (SSSR count). The number of hydrogen-bond acceptors (Lipinski definition) is 4. The summed E-state index contributed by atoms with van der Waals surface area (Å²) in [7, 11) is 0. The smallest absolute Gasteiger partial charge is 0.257 e. The van der Waals surface area contributed by atoms with Gasteiger partial charge in [0.15, 0.2) is 28.4 Å². The molecule has 0 spiro atoms. The van der Waals surface area contributed by atoms with Crippen molar-refractivity contribution in [2.45, 2.75) is 0 Å². The van der Waals surface area contributed by atoms with Crippen LogP contribution in [0.15, 0.2) is 72.8 Å². The number of benzene rings is 4. The molecule has 12 heteroatoms. The number of carbonyl (C=O) groups excluding carboxylic acids is 1. The van der Waals surface area contributed by atoms with E-state index in [0.717, 1.165) is 16.0 Å². The first-order chi connectivity index (χ1) is 20.1. The molecule has 0 bridgehead atoms. The standard InChI is InChI=1S/C30H22ClF5N4OS/c31-21-16-20(37-30(42)38-29(41)19-8-6-18(7-9-19)17-4-2-1-3-5-17)10-11-22(21)39-12-14-40(15-13-39)28-26(35)24(33)23(32)25(34)27(28)36/h1-11,16H,12-15H2,(H2,37,38,41,42). The van der Waals surface area contributed by atoms with E-state index in [1.807, 2.05) is 47.4 Å². The van der Waals surface area contributed by atoms with E-state index in [-0.39, 0.29) is 37.2 Å². The molecule has 0 radical (unpaired) electrons. The number of hydrogen-bond donors (Lipinski definition) is 2. The maximum absolute atomic E-state index is 14.2. The van der Waals surface area contributed by atoms with Gasteiger partial charge in [-0.15, -0.1) is 0 Å². The van der Waals surface area contributed by atoms with Crippen LogP contribution in [0, 0.1) is 29.1 Å². The van der Waals surface area contributed by atoms with Crippen LogP contribution in [0.2, 0.25) is 5.02 Å². The van der Waals surface area contributed by atoms with E-state index >= 15 is 0 Å². The van der Waals surface area contributed by atoms with Crippen LogP contribution < -0.4 is 20.4 Å². The molecule has 0 aromatic heterocycles. The molecular formula is C30H22ClF5N4OS. The Hall–Kier alpha value is -4.22. The van der Waals surface area contributed by atoms with E-state index in [2.05, 4.69) is 10.6 Å². The fourth-order valence-electron chi connectivity index (χ4n) is 4.67. The molecule has 42 heavy (non-hydrogen) atoms. The van der Waals surface area contributed by atoms with Crippen molar-refractivity contribution in [1.29, 1.82) is 0 Å². The largest absolute Gasteiger partial charge is 0.367 e. The molecule has 1 fully saturated rings. The van der Waals surface area contributed by atoms with E-state index in [0.29, 0.717) is 22.0 Å². The minimum atomic E-state index is -2.19. The van der Waals surface area contributed by atoms with Crippen molar-refractivity contribution >= 4 is 51.9 Å². The zero-order chi connectivity index (χ0) is 30.0. The molecule has 216 valence electrons. The number of halogens is 6. The number of nitrogens with one attached hydrogen (secondary N) is 2. The first-order valence-corrected chi connectivity index (χ1v) is 13.5. The number of rotatable bonds is 5.